The Bertz CT molecular complexity index is 544. The molecular formula is C19H32N4OS. The number of hydrogen-bond acceptors (Lipinski definition) is 3. The second-order valence-corrected chi connectivity index (χ2v) is 7.72. The predicted octanol–water partition coefficient (Wildman–Crippen LogP) is 3.20. The molecule has 2 unspecified atom stereocenters. The molecule has 0 radical (unpaired) electrons. The summed E-state index contributed by atoms with van der Waals surface area (Å²) >= 11 is 1.77. The van der Waals surface area contributed by atoms with Gasteiger partial charge in [0.15, 0.2) is 5.96 Å². The molecule has 2 heterocycles. The van der Waals surface area contributed by atoms with Crippen molar-refractivity contribution in [2.24, 2.45) is 4.99 Å². The molecule has 0 spiro atoms. The van der Waals surface area contributed by atoms with E-state index in [1.165, 1.54) is 11.3 Å². The van der Waals surface area contributed by atoms with Gasteiger partial charge in [0.2, 0.25) is 5.91 Å². The standard InChI is InChI=1S/C19H32N4OS/c1-4-20-19(22-14-15(2)17-9-7-13-25-17)21-11-10-18(24)23-12-6-5-8-16(23)3/h7,9,13,15-16H,4-6,8,10-12,14H2,1-3H3,(H2,20,21,22). The number of carbonyl (C=O) groups is 1. The van der Waals surface area contributed by atoms with Crippen molar-refractivity contribution in [3.63, 3.8) is 0 Å². The van der Waals surface area contributed by atoms with Crippen molar-refractivity contribution in [3.05, 3.63) is 22.4 Å². The molecule has 140 valence electrons. The highest BCUT2D eigenvalue weighted by Crippen LogP contribution is 2.20. The summed E-state index contributed by atoms with van der Waals surface area (Å²) in [6, 6.07) is 4.62. The average molecular weight is 365 g/mol. The maximum absolute atomic E-state index is 12.4. The second kappa shape index (κ2) is 10.4. The van der Waals surface area contributed by atoms with Gasteiger partial charge < -0.3 is 15.5 Å². The summed E-state index contributed by atoms with van der Waals surface area (Å²) in [4.78, 5) is 20.5. The third-order valence-corrected chi connectivity index (χ3v) is 5.75. The number of rotatable bonds is 7. The highest BCUT2D eigenvalue weighted by molar-refractivity contribution is 7.10. The normalized spacial score (nSPS) is 19.6. The fraction of sp³-hybridized carbons (Fsp3) is 0.684. The minimum Gasteiger partial charge on any atom is -0.357 e. The van der Waals surface area contributed by atoms with E-state index in [4.69, 9.17) is 0 Å². The molecule has 1 aliphatic heterocycles. The van der Waals surface area contributed by atoms with Gasteiger partial charge in [0.1, 0.15) is 0 Å². The summed E-state index contributed by atoms with van der Waals surface area (Å²) in [6.45, 7) is 9.50. The Labute approximate surface area is 155 Å². The number of carbonyl (C=O) groups excluding carboxylic acids is 1. The molecule has 2 atom stereocenters. The Hall–Kier alpha value is -1.56. The van der Waals surface area contributed by atoms with E-state index in [0.717, 1.165) is 38.4 Å². The van der Waals surface area contributed by atoms with Gasteiger partial charge in [0.05, 0.1) is 6.54 Å². The van der Waals surface area contributed by atoms with Crippen molar-refractivity contribution in [2.45, 2.75) is 58.4 Å². The van der Waals surface area contributed by atoms with E-state index in [1.807, 2.05) is 4.90 Å². The van der Waals surface area contributed by atoms with Crippen molar-refractivity contribution < 1.29 is 4.79 Å². The van der Waals surface area contributed by atoms with Crippen LogP contribution in [0.1, 0.15) is 57.2 Å². The van der Waals surface area contributed by atoms with E-state index in [1.54, 1.807) is 11.3 Å². The van der Waals surface area contributed by atoms with Crippen molar-refractivity contribution in [2.75, 3.05) is 26.2 Å². The molecule has 1 saturated heterocycles. The molecule has 5 nitrogen and oxygen atoms in total. The number of guanidine groups is 1. The number of aliphatic imine (C=N–C) groups is 1. The van der Waals surface area contributed by atoms with Crippen LogP contribution in [-0.4, -0.2) is 49.0 Å². The zero-order valence-electron chi connectivity index (χ0n) is 15.8. The third-order valence-electron chi connectivity index (χ3n) is 4.65. The predicted molar refractivity (Wildman–Crippen MR) is 106 cm³/mol. The Morgan fingerprint density at radius 1 is 1.44 bits per heavy atom. The lowest BCUT2D eigenvalue weighted by Gasteiger charge is -2.33. The first kappa shape index (κ1) is 19.8. The molecule has 1 fully saturated rings. The van der Waals surface area contributed by atoms with Gasteiger partial charge in [-0.05, 0) is 44.6 Å². The minimum atomic E-state index is 0.252. The molecule has 2 rings (SSSR count). The van der Waals surface area contributed by atoms with Crippen molar-refractivity contribution in [3.8, 4) is 0 Å². The summed E-state index contributed by atoms with van der Waals surface area (Å²) in [6.07, 6.45) is 4.02. The number of piperidine rings is 1. The number of thiophene rings is 1. The topological polar surface area (TPSA) is 56.7 Å². The highest BCUT2D eigenvalue weighted by atomic mass is 32.1. The maximum atomic E-state index is 12.4. The van der Waals surface area contributed by atoms with Gasteiger partial charge in [0.25, 0.3) is 0 Å². The first-order valence-corrected chi connectivity index (χ1v) is 10.3. The smallest absolute Gasteiger partial charge is 0.224 e. The number of nitrogens with one attached hydrogen (secondary N) is 2. The maximum Gasteiger partial charge on any atom is 0.224 e. The molecular weight excluding hydrogens is 332 g/mol. The molecule has 6 heteroatoms. The quantitative estimate of drug-likeness (QED) is 0.577. The third kappa shape index (κ3) is 6.34. The van der Waals surface area contributed by atoms with Gasteiger partial charge in [-0.2, -0.15) is 0 Å². The van der Waals surface area contributed by atoms with Crippen LogP contribution in [0.25, 0.3) is 0 Å². The minimum absolute atomic E-state index is 0.252. The second-order valence-electron chi connectivity index (χ2n) is 6.74. The first-order valence-electron chi connectivity index (χ1n) is 9.46. The van der Waals surface area contributed by atoms with Crippen LogP contribution in [0.2, 0.25) is 0 Å². The number of nitrogens with zero attached hydrogens (tertiary/aromatic N) is 2. The molecule has 1 aromatic heterocycles. The molecule has 0 aliphatic carbocycles. The van der Waals surface area contributed by atoms with Crippen LogP contribution in [-0.2, 0) is 4.79 Å². The zero-order chi connectivity index (χ0) is 18.1. The van der Waals surface area contributed by atoms with E-state index >= 15 is 0 Å². The lowest BCUT2D eigenvalue weighted by molar-refractivity contribution is -0.134. The van der Waals surface area contributed by atoms with Crippen LogP contribution in [0.3, 0.4) is 0 Å². The van der Waals surface area contributed by atoms with Crippen LogP contribution >= 0.6 is 11.3 Å². The summed E-state index contributed by atoms with van der Waals surface area (Å²) in [7, 11) is 0. The fourth-order valence-corrected chi connectivity index (χ4v) is 3.91. The molecule has 0 saturated carbocycles. The van der Waals surface area contributed by atoms with E-state index in [9.17, 15) is 4.79 Å². The SMILES string of the molecule is CCNC(=NCC(C)c1cccs1)NCCC(=O)N1CCCCC1C. The molecule has 1 aromatic rings. The van der Waals surface area contributed by atoms with E-state index in [0.29, 0.717) is 24.9 Å². The lowest BCUT2D eigenvalue weighted by atomic mass is 10.0. The Morgan fingerprint density at radius 2 is 2.28 bits per heavy atom. The van der Waals surface area contributed by atoms with E-state index in [2.05, 4.69) is 53.9 Å². The van der Waals surface area contributed by atoms with Crippen LogP contribution in [0.5, 0.6) is 0 Å². The van der Waals surface area contributed by atoms with Gasteiger partial charge in [-0.25, -0.2) is 0 Å². The summed E-state index contributed by atoms with van der Waals surface area (Å²) in [5, 5.41) is 8.67. The average Bonchev–Trinajstić information content (AvgIpc) is 3.14. The Kier molecular flexibility index (Phi) is 8.25. The van der Waals surface area contributed by atoms with Crippen LogP contribution in [0.4, 0.5) is 0 Å². The van der Waals surface area contributed by atoms with E-state index in [-0.39, 0.29) is 5.91 Å². The molecule has 1 amide bonds. The molecule has 0 bridgehead atoms. The van der Waals surface area contributed by atoms with Gasteiger partial charge in [-0.3, -0.25) is 9.79 Å². The summed E-state index contributed by atoms with van der Waals surface area (Å²) < 4.78 is 0. The van der Waals surface area contributed by atoms with Crippen molar-refractivity contribution in [1.29, 1.82) is 0 Å². The monoisotopic (exact) mass is 364 g/mol. The molecule has 1 aliphatic rings. The first-order chi connectivity index (χ1) is 12.1. The van der Waals surface area contributed by atoms with Gasteiger partial charge >= 0.3 is 0 Å². The molecule has 2 N–H and O–H groups in total. The van der Waals surface area contributed by atoms with Crippen LogP contribution in [0, 0.1) is 0 Å². The van der Waals surface area contributed by atoms with Gasteiger partial charge in [-0.1, -0.05) is 13.0 Å². The summed E-state index contributed by atoms with van der Waals surface area (Å²) in [5.41, 5.74) is 0. The zero-order valence-corrected chi connectivity index (χ0v) is 16.6. The molecule has 0 aromatic carbocycles. The number of amides is 1. The Morgan fingerprint density at radius 3 is 2.96 bits per heavy atom. The van der Waals surface area contributed by atoms with Crippen LogP contribution < -0.4 is 10.6 Å². The van der Waals surface area contributed by atoms with Gasteiger partial charge in [0, 0.05) is 42.9 Å². The fourth-order valence-electron chi connectivity index (χ4n) is 3.13. The van der Waals surface area contributed by atoms with Crippen LogP contribution in [0.15, 0.2) is 22.5 Å². The van der Waals surface area contributed by atoms with E-state index < -0.39 is 0 Å². The Balaban J connectivity index is 1.78. The number of hydrogen-bond donors (Lipinski definition) is 2. The lowest BCUT2D eigenvalue weighted by Crippen LogP contribution is -2.44. The highest BCUT2D eigenvalue weighted by Gasteiger charge is 2.22. The van der Waals surface area contributed by atoms with Crippen molar-refractivity contribution >= 4 is 23.2 Å². The summed E-state index contributed by atoms with van der Waals surface area (Å²) in [5.74, 6) is 1.46. The van der Waals surface area contributed by atoms with Gasteiger partial charge in [-0.15, -0.1) is 11.3 Å². The molecule has 25 heavy (non-hydrogen) atoms. The van der Waals surface area contributed by atoms with Crippen molar-refractivity contribution in [1.82, 2.24) is 15.5 Å². The largest absolute Gasteiger partial charge is 0.357 e. The number of likely N-dealkylation sites (tertiary alicyclic amines) is 1.